The third kappa shape index (κ3) is 5.27. The number of benzene rings is 1. The Morgan fingerprint density at radius 2 is 2.05 bits per heavy atom. The van der Waals surface area contributed by atoms with Crippen LogP contribution in [0.15, 0.2) is 42.9 Å². The van der Waals surface area contributed by atoms with Crippen molar-refractivity contribution < 1.29 is 37.5 Å². The average Bonchev–Trinajstić information content (AvgIpc) is 3.37. The number of hydrogen-bond donors (Lipinski definition) is 3. The highest BCUT2D eigenvalue weighted by atomic mass is 32.2. The number of amides is 2. The Balaban J connectivity index is 1.35. The van der Waals surface area contributed by atoms with Gasteiger partial charge in [-0.3, -0.25) is 19.3 Å². The molecule has 5 rings (SSSR count). The molecule has 0 radical (unpaired) electrons. The molecule has 11 nitrogen and oxygen atoms in total. The molecule has 2 aliphatic rings. The number of carbonyl (C=O) groups excluding carboxylic acids is 2. The van der Waals surface area contributed by atoms with Crippen molar-refractivity contribution in [3.05, 3.63) is 62.2 Å². The van der Waals surface area contributed by atoms with Gasteiger partial charge in [-0.15, -0.1) is 46.2 Å². The van der Waals surface area contributed by atoms with E-state index in [0.717, 1.165) is 45.4 Å². The van der Waals surface area contributed by atoms with E-state index in [1.807, 2.05) is 0 Å². The number of anilines is 1. The topological polar surface area (TPSA) is 164 Å². The van der Waals surface area contributed by atoms with Gasteiger partial charge in [0.15, 0.2) is 33.7 Å². The predicted molar refractivity (Wildman–Crippen MR) is 148 cm³/mol. The Labute approximate surface area is 244 Å². The highest BCUT2D eigenvalue weighted by molar-refractivity contribution is 8.02. The molecule has 1 aromatic carbocycles. The zero-order chi connectivity index (χ0) is 29.6. The van der Waals surface area contributed by atoms with Crippen LogP contribution in [0.2, 0.25) is 0 Å². The van der Waals surface area contributed by atoms with E-state index < -0.39 is 52.1 Å². The number of oxime groups is 1. The van der Waals surface area contributed by atoms with Crippen LogP contribution in [0.1, 0.15) is 5.69 Å². The first-order valence-corrected chi connectivity index (χ1v) is 15.0. The number of thiazole rings is 1. The Morgan fingerprint density at radius 3 is 2.71 bits per heavy atom. The third-order valence-corrected chi connectivity index (χ3v) is 10.4. The van der Waals surface area contributed by atoms with E-state index in [4.69, 9.17) is 10.6 Å². The number of carboxylic acid groups (broad SMARTS) is 1. The molecular weight excluding hydrogens is 628 g/mol. The van der Waals surface area contributed by atoms with Crippen molar-refractivity contribution in [2.75, 3.05) is 24.3 Å². The van der Waals surface area contributed by atoms with Crippen LogP contribution in [0.4, 0.5) is 18.3 Å². The molecule has 2 amide bonds. The summed E-state index contributed by atoms with van der Waals surface area (Å²) in [6.07, 6.45) is 0. The van der Waals surface area contributed by atoms with Gasteiger partial charge in [0.2, 0.25) is 0 Å². The number of hydrogen-bond acceptors (Lipinski definition) is 12. The molecule has 41 heavy (non-hydrogen) atoms. The number of nitrogens with one attached hydrogen (secondary N) is 1. The van der Waals surface area contributed by atoms with Gasteiger partial charge < -0.3 is 21.0 Å². The SMILES string of the molecule is CON=C(C(=O)N[C@@H]1C(=O)N2C(C(=O)O)=C(CSc3cc(=O)c4cc(F)c(F)c(F)c4s3)CS[C@@H]12)c1csc(N)n1. The number of thioether (sulfide) groups is 2. The highest BCUT2D eigenvalue weighted by Gasteiger charge is 2.54. The lowest BCUT2D eigenvalue weighted by Gasteiger charge is -2.49. The number of nitrogens with two attached hydrogens (primary N) is 1. The van der Waals surface area contributed by atoms with Gasteiger partial charge in [-0.2, -0.15) is 0 Å². The van der Waals surface area contributed by atoms with Gasteiger partial charge in [0.25, 0.3) is 11.8 Å². The van der Waals surface area contributed by atoms with Gasteiger partial charge >= 0.3 is 5.97 Å². The minimum Gasteiger partial charge on any atom is -0.477 e. The van der Waals surface area contributed by atoms with Crippen LogP contribution in [0.25, 0.3) is 10.1 Å². The van der Waals surface area contributed by atoms with E-state index in [-0.39, 0.29) is 48.0 Å². The second-order valence-corrected chi connectivity index (χ2v) is 12.7. The zero-order valence-corrected chi connectivity index (χ0v) is 23.7. The summed E-state index contributed by atoms with van der Waals surface area (Å²) in [5, 5.41) is 16.8. The summed E-state index contributed by atoms with van der Waals surface area (Å²) >= 11 is 4.00. The molecule has 0 aliphatic carbocycles. The molecule has 2 aromatic heterocycles. The number of carboxylic acids is 1. The first-order chi connectivity index (χ1) is 19.5. The van der Waals surface area contributed by atoms with Crippen molar-refractivity contribution >= 4 is 84.9 Å². The van der Waals surface area contributed by atoms with Crippen molar-refractivity contribution in [2.24, 2.45) is 5.16 Å². The third-order valence-electron chi connectivity index (χ3n) is 5.92. The number of nitrogens with zero attached hydrogens (tertiary/aromatic N) is 3. The molecule has 1 fully saturated rings. The molecule has 4 heterocycles. The van der Waals surface area contributed by atoms with Gasteiger partial charge in [0, 0.05) is 28.3 Å². The smallest absolute Gasteiger partial charge is 0.352 e. The molecule has 2 aliphatic heterocycles. The van der Waals surface area contributed by atoms with Crippen LogP contribution in [0.3, 0.4) is 0 Å². The van der Waals surface area contributed by atoms with Crippen LogP contribution in [-0.4, -0.2) is 68.5 Å². The number of nitrogen functional groups attached to an aromatic ring is 1. The lowest BCUT2D eigenvalue weighted by Crippen LogP contribution is -2.71. The summed E-state index contributed by atoms with van der Waals surface area (Å²) in [7, 11) is 1.23. The number of rotatable bonds is 8. The van der Waals surface area contributed by atoms with Gasteiger partial charge in [-0.1, -0.05) is 5.16 Å². The number of aliphatic carboxylic acids is 1. The van der Waals surface area contributed by atoms with Crippen LogP contribution < -0.4 is 16.5 Å². The molecule has 0 spiro atoms. The normalized spacial score (nSPS) is 18.8. The largest absolute Gasteiger partial charge is 0.477 e. The van der Waals surface area contributed by atoms with Crippen LogP contribution in [0.5, 0.6) is 0 Å². The standard InChI is InChI=1S/C23H16F3N5O6S4/c1-37-30-15(10-6-40-23(27)28-10)19(33)29-16-20(34)31-17(22(35)36)7(5-39-21(16)31)4-38-12-3-11(32)8-2-9(24)13(25)14(26)18(8)41-12/h2-3,6,16,21H,4-5H2,1H3,(H2,27,28)(H,29,33)(H,35,36)/t16-,21+/m1/s1. The van der Waals surface area contributed by atoms with Crippen LogP contribution >= 0.6 is 46.2 Å². The van der Waals surface area contributed by atoms with Crippen LogP contribution in [-0.2, 0) is 19.2 Å². The molecule has 3 aromatic rings. The number of aromatic nitrogens is 1. The minimum atomic E-state index is -1.70. The molecular formula is C23H16F3N5O6S4. The van der Waals surface area contributed by atoms with E-state index >= 15 is 0 Å². The van der Waals surface area contributed by atoms with Crippen molar-refractivity contribution in [1.82, 2.24) is 15.2 Å². The first-order valence-electron chi connectivity index (χ1n) is 11.3. The van der Waals surface area contributed by atoms with E-state index in [0.29, 0.717) is 11.6 Å². The second kappa shape index (κ2) is 11.3. The second-order valence-electron chi connectivity index (χ2n) is 8.39. The fourth-order valence-electron chi connectivity index (χ4n) is 4.10. The van der Waals surface area contributed by atoms with E-state index in [9.17, 15) is 37.5 Å². The maximum atomic E-state index is 14.3. The van der Waals surface area contributed by atoms with Crippen molar-refractivity contribution in [3.63, 3.8) is 0 Å². The summed E-state index contributed by atoms with van der Waals surface area (Å²) in [4.78, 5) is 60.3. The summed E-state index contributed by atoms with van der Waals surface area (Å²) in [5.74, 6) is -7.31. The van der Waals surface area contributed by atoms with Crippen molar-refractivity contribution in [3.8, 4) is 0 Å². The Morgan fingerprint density at radius 1 is 1.29 bits per heavy atom. The quantitative estimate of drug-likeness (QED) is 0.109. The minimum absolute atomic E-state index is 0.00476. The van der Waals surface area contributed by atoms with Gasteiger partial charge in [-0.05, 0) is 11.6 Å². The lowest BCUT2D eigenvalue weighted by atomic mass is 10.0. The molecule has 0 bridgehead atoms. The van der Waals surface area contributed by atoms with Gasteiger partial charge in [-0.25, -0.2) is 22.9 Å². The van der Waals surface area contributed by atoms with Crippen LogP contribution in [0, 0.1) is 17.5 Å². The monoisotopic (exact) mass is 643 g/mol. The highest BCUT2D eigenvalue weighted by Crippen LogP contribution is 2.42. The molecule has 214 valence electrons. The zero-order valence-electron chi connectivity index (χ0n) is 20.5. The molecule has 4 N–H and O–H groups in total. The molecule has 18 heteroatoms. The maximum Gasteiger partial charge on any atom is 0.352 e. The Hall–Kier alpha value is -3.61. The lowest BCUT2D eigenvalue weighted by molar-refractivity contribution is -0.150. The summed E-state index contributed by atoms with van der Waals surface area (Å²) in [5.41, 5.74) is 4.89. The van der Waals surface area contributed by atoms with E-state index in [1.54, 1.807) is 0 Å². The van der Waals surface area contributed by atoms with E-state index in [2.05, 4.69) is 15.5 Å². The fraction of sp³-hybridized carbons (Fsp3) is 0.217. The molecule has 1 saturated heterocycles. The number of fused-ring (bicyclic) bond motifs is 2. The maximum absolute atomic E-state index is 14.3. The van der Waals surface area contributed by atoms with Gasteiger partial charge in [0.1, 0.15) is 29.9 Å². The summed E-state index contributed by atoms with van der Waals surface area (Å²) in [6, 6.07) is 0.701. The van der Waals surface area contributed by atoms with Gasteiger partial charge in [0.05, 0.1) is 8.91 Å². The first kappa shape index (κ1) is 28.9. The number of halogens is 3. The van der Waals surface area contributed by atoms with Crippen molar-refractivity contribution in [2.45, 2.75) is 15.6 Å². The molecule has 0 saturated carbocycles. The Bertz CT molecular complexity index is 1740. The average molecular weight is 644 g/mol. The van der Waals surface area contributed by atoms with E-state index in [1.165, 1.54) is 24.3 Å². The summed E-state index contributed by atoms with van der Waals surface area (Å²) < 4.78 is 41.5. The summed E-state index contributed by atoms with van der Waals surface area (Å²) in [6.45, 7) is 0. The predicted octanol–water partition coefficient (Wildman–Crippen LogP) is 2.60. The number of β-lactam (4-membered cyclic amide) rings is 1. The molecule has 2 atom stereocenters. The van der Waals surface area contributed by atoms with Crippen molar-refractivity contribution in [1.29, 1.82) is 0 Å². The molecule has 0 unspecified atom stereocenters. The fourth-order valence-corrected chi connectivity index (χ4v) is 8.35. The Kier molecular flexibility index (Phi) is 8.00. The number of carbonyl (C=O) groups is 3.